The number of anilines is 1. The number of nitrogens with one attached hydrogen (secondary N) is 2. The minimum atomic E-state index is -0.923. The SMILES string of the molecule is C#Cc1cc(F)c(NC(=O)NC2CCCCCC2CO)c(F)c1. The topological polar surface area (TPSA) is 61.4 Å². The third-order valence-electron chi connectivity index (χ3n) is 4.16. The van der Waals surface area contributed by atoms with Gasteiger partial charge in [0, 0.05) is 24.1 Å². The highest BCUT2D eigenvalue weighted by Gasteiger charge is 2.25. The quantitative estimate of drug-likeness (QED) is 0.592. The molecule has 0 spiro atoms. The van der Waals surface area contributed by atoms with Gasteiger partial charge in [-0.15, -0.1) is 6.42 Å². The van der Waals surface area contributed by atoms with Gasteiger partial charge in [0.2, 0.25) is 0 Å². The maximum Gasteiger partial charge on any atom is 0.319 e. The van der Waals surface area contributed by atoms with E-state index in [1.165, 1.54) is 0 Å². The summed E-state index contributed by atoms with van der Waals surface area (Å²) in [4.78, 5) is 12.0. The largest absolute Gasteiger partial charge is 0.396 e. The zero-order valence-electron chi connectivity index (χ0n) is 12.7. The standard InChI is InChI=1S/C17H20F2N2O2/c1-2-11-8-13(18)16(14(19)9-11)21-17(23)20-15-7-5-3-4-6-12(15)10-22/h1,8-9,12,15,22H,3-7,10H2,(H2,20,21,23). The van der Waals surface area contributed by atoms with Gasteiger partial charge in [-0.3, -0.25) is 0 Å². The molecular formula is C17H20F2N2O2. The van der Waals surface area contributed by atoms with Gasteiger partial charge in [0.25, 0.3) is 0 Å². The van der Waals surface area contributed by atoms with Crippen LogP contribution >= 0.6 is 0 Å². The smallest absolute Gasteiger partial charge is 0.319 e. The molecule has 1 aromatic carbocycles. The molecule has 2 rings (SSSR count). The number of aliphatic hydroxyl groups excluding tert-OH is 1. The van der Waals surface area contributed by atoms with Crippen LogP contribution in [0.1, 0.15) is 37.7 Å². The molecule has 0 radical (unpaired) electrons. The van der Waals surface area contributed by atoms with Crippen LogP contribution < -0.4 is 10.6 Å². The van der Waals surface area contributed by atoms with Crippen molar-refractivity contribution in [3.63, 3.8) is 0 Å². The average molecular weight is 322 g/mol. The Morgan fingerprint density at radius 3 is 2.52 bits per heavy atom. The Morgan fingerprint density at radius 1 is 1.26 bits per heavy atom. The summed E-state index contributed by atoms with van der Waals surface area (Å²) >= 11 is 0. The molecule has 6 heteroatoms. The van der Waals surface area contributed by atoms with E-state index < -0.39 is 23.4 Å². The van der Waals surface area contributed by atoms with Gasteiger partial charge in [0.1, 0.15) is 5.69 Å². The third-order valence-corrected chi connectivity index (χ3v) is 4.16. The lowest BCUT2D eigenvalue weighted by molar-refractivity contribution is 0.182. The normalized spacial score (nSPS) is 21.1. The van der Waals surface area contributed by atoms with Gasteiger partial charge in [-0.1, -0.05) is 25.2 Å². The molecule has 1 saturated carbocycles. The van der Waals surface area contributed by atoms with Crippen LogP contribution in [-0.4, -0.2) is 23.8 Å². The van der Waals surface area contributed by atoms with E-state index in [1.807, 2.05) is 0 Å². The van der Waals surface area contributed by atoms with Gasteiger partial charge in [-0.2, -0.15) is 0 Å². The van der Waals surface area contributed by atoms with E-state index in [1.54, 1.807) is 0 Å². The summed E-state index contributed by atoms with van der Waals surface area (Å²) in [5.41, 5.74) is -0.467. The van der Waals surface area contributed by atoms with E-state index in [9.17, 15) is 18.7 Å². The minimum Gasteiger partial charge on any atom is -0.396 e. The van der Waals surface area contributed by atoms with Gasteiger partial charge < -0.3 is 15.7 Å². The Balaban J connectivity index is 2.06. The number of halogens is 2. The van der Waals surface area contributed by atoms with Gasteiger partial charge >= 0.3 is 6.03 Å². The van der Waals surface area contributed by atoms with Crippen molar-refractivity contribution in [3.05, 3.63) is 29.3 Å². The summed E-state index contributed by atoms with van der Waals surface area (Å²) in [6.45, 7) is -0.0233. The maximum atomic E-state index is 13.8. The zero-order chi connectivity index (χ0) is 16.8. The number of benzene rings is 1. The molecule has 2 unspecified atom stereocenters. The van der Waals surface area contributed by atoms with Gasteiger partial charge in [0.15, 0.2) is 11.6 Å². The molecule has 23 heavy (non-hydrogen) atoms. The molecular weight excluding hydrogens is 302 g/mol. The van der Waals surface area contributed by atoms with E-state index in [0.717, 1.165) is 44.2 Å². The Kier molecular flexibility index (Phi) is 5.94. The van der Waals surface area contributed by atoms with E-state index in [-0.39, 0.29) is 24.1 Å². The van der Waals surface area contributed by atoms with Gasteiger partial charge in [-0.25, -0.2) is 13.6 Å². The molecule has 0 bridgehead atoms. The van der Waals surface area contributed by atoms with Crippen LogP contribution in [0.3, 0.4) is 0 Å². The number of urea groups is 1. The first-order valence-electron chi connectivity index (χ1n) is 7.69. The number of hydrogen-bond acceptors (Lipinski definition) is 2. The lowest BCUT2D eigenvalue weighted by Crippen LogP contribution is -2.43. The number of terminal acetylenes is 1. The molecule has 1 aromatic rings. The lowest BCUT2D eigenvalue weighted by atomic mass is 9.96. The predicted molar refractivity (Wildman–Crippen MR) is 83.9 cm³/mol. The summed E-state index contributed by atoms with van der Waals surface area (Å²) in [7, 11) is 0. The van der Waals surface area contributed by atoms with Crippen LogP contribution in [0.5, 0.6) is 0 Å². The molecule has 2 amide bonds. The van der Waals surface area contributed by atoms with Crippen LogP contribution in [0.2, 0.25) is 0 Å². The van der Waals surface area contributed by atoms with Crippen LogP contribution in [0.4, 0.5) is 19.3 Å². The Bertz CT molecular complexity index is 590. The molecule has 0 aromatic heterocycles. The van der Waals surface area contributed by atoms with Crippen molar-refractivity contribution in [2.24, 2.45) is 5.92 Å². The van der Waals surface area contributed by atoms with Crippen molar-refractivity contribution in [2.45, 2.75) is 38.1 Å². The molecule has 1 fully saturated rings. The number of amides is 2. The van der Waals surface area contributed by atoms with Crippen LogP contribution in [0.15, 0.2) is 12.1 Å². The van der Waals surface area contributed by atoms with Crippen LogP contribution in [-0.2, 0) is 0 Å². The second-order valence-electron chi connectivity index (χ2n) is 5.74. The summed E-state index contributed by atoms with van der Waals surface area (Å²) in [5, 5.41) is 14.3. The molecule has 4 nitrogen and oxygen atoms in total. The molecule has 3 N–H and O–H groups in total. The van der Waals surface area contributed by atoms with E-state index >= 15 is 0 Å². The number of rotatable bonds is 3. The number of carbonyl (C=O) groups excluding carboxylic acids is 1. The monoisotopic (exact) mass is 322 g/mol. The molecule has 1 aliphatic carbocycles. The van der Waals surface area contributed by atoms with Crippen LogP contribution in [0, 0.1) is 29.9 Å². The molecule has 1 aliphatic rings. The predicted octanol–water partition coefficient (Wildman–Crippen LogP) is 3.01. The van der Waals surface area contributed by atoms with Gasteiger partial charge in [-0.05, 0) is 25.0 Å². The van der Waals surface area contributed by atoms with Gasteiger partial charge in [0.05, 0.1) is 0 Å². The fraction of sp³-hybridized carbons (Fsp3) is 0.471. The van der Waals surface area contributed by atoms with E-state index in [4.69, 9.17) is 6.42 Å². The Hall–Kier alpha value is -2.13. The number of hydrogen-bond donors (Lipinski definition) is 3. The molecule has 0 aliphatic heterocycles. The highest BCUT2D eigenvalue weighted by atomic mass is 19.1. The van der Waals surface area contributed by atoms with Crippen molar-refractivity contribution in [1.82, 2.24) is 5.32 Å². The van der Waals surface area contributed by atoms with Crippen molar-refractivity contribution in [3.8, 4) is 12.3 Å². The first-order valence-corrected chi connectivity index (χ1v) is 7.69. The maximum absolute atomic E-state index is 13.8. The highest BCUT2D eigenvalue weighted by Crippen LogP contribution is 2.24. The molecule has 0 saturated heterocycles. The van der Waals surface area contributed by atoms with Crippen molar-refractivity contribution < 1.29 is 18.7 Å². The van der Waals surface area contributed by atoms with Crippen molar-refractivity contribution >= 4 is 11.7 Å². The second-order valence-corrected chi connectivity index (χ2v) is 5.74. The minimum absolute atomic E-state index is 0.0233. The molecule has 124 valence electrons. The van der Waals surface area contributed by atoms with Crippen molar-refractivity contribution in [2.75, 3.05) is 11.9 Å². The average Bonchev–Trinajstić information content (AvgIpc) is 2.75. The lowest BCUT2D eigenvalue weighted by Gasteiger charge is -2.24. The molecule has 0 heterocycles. The Morgan fingerprint density at radius 2 is 1.91 bits per heavy atom. The fourth-order valence-electron chi connectivity index (χ4n) is 2.89. The number of carbonyl (C=O) groups is 1. The zero-order valence-corrected chi connectivity index (χ0v) is 12.7. The van der Waals surface area contributed by atoms with E-state index in [0.29, 0.717) is 0 Å². The second kappa shape index (κ2) is 7.93. The summed E-state index contributed by atoms with van der Waals surface area (Å²) < 4.78 is 27.7. The fourth-order valence-corrected chi connectivity index (χ4v) is 2.89. The highest BCUT2D eigenvalue weighted by molar-refractivity contribution is 5.89. The van der Waals surface area contributed by atoms with Crippen molar-refractivity contribution in [1.29, 1.82) is 0 Å². The van der Waals surface area contributed by atoms with E-state index in [2.05, 4.69) is 16.6 Å². The summed E-state index contributed by atoms with van der Waals surface area (Å²) in [6.07, 6.45) is 9.65. The Labute approximate surface area is 134 Å². The first kappa shape index (κ1) is 17.2. The number of aliphatic hydroxyl groups is 1. The summed E-state index contributed by atoms with van der Waals surface area (Å²) in [6, 6.07) is 1.07. The molecule has 2 atom stereocenters. The summed E-state index contributed by atoms with van der Waals surface area (Å²) in [5.74, 6) is 0.252. The third kappa shape index (κ3) is 4.42. The first-order chi connectivity index (χ1) is 11.0. The van der Waals surface area contributed by atoms with Crippen LogP contribution in [0.25, 0.3) is 0 Å².